The number of aliphatic hydroxyl groups excluding tert-OH is 1. The smallest absolute Gasteiger partial charge is 0.249 e. The van der Waals surface area contributed by atoms with E-state index in [4.69, 9.17) is 0 Å². The fourth-order valence-electron chi connectivity index (χ4n) is 2.26. The Hall–Kier alpha value is -2.28. The minimum Gasteiger partial charge on any atom is -0.394 e. The first-order valence-electron chi connectivity index (χ1n) is 7.36. The molecule has 1 aromatic carbocycles. The number of hydrogen-bond acceptors (Lipinski definition) is 5. The van der Waals surface area contributed by atoms with E-state index in [1.165, 1.54) is 11.0 Å². The van der Waals surface area contributed by atoms with Crippen LogP contribution in [0.4, 0.5) is 0 Å². The Morgan fingerprint density at radius 1 is 1.36 bits per heavy atom. The van der Waals surface area contributed by atoms with E-state index in [0.29, 0.717) is 0 Å². The largest absolute Gasteiger partial charge is 0.394 e. The van der Waals surface area contributed by atoms with Gasteiger partial charge in [0.05, 0.1) is 12.6 Å². The molecule has 2 aromatic rings. The molecule has 0 bridgehead atoms. The standard InChI is InChI=1S/C15H21N5O2/c1-3-11(2)13(9-21)17-15(22)14(20-10-16-18-19-20)12-7-5-4-6-8-12/h4-8,10-11,13-14,21H,3,9H2,1-2H3,(H,17,22)/t11-,13+,14-/m0/s1. The lowest BCUT2D eigenvalue weighted by atomic mass is 9.98. The quantitative estimate of drug-likeness (QED) is 0.788. The number of nitrogens with one attached hydrogen (secondary N) is 1. The monoisotopic (exact) mass is 303 g/mol. The van der Waals surface area contributed by atoms with E-state index < -0.39 is 6.04 Å². The summed E-state index contributed by atoms with van der Waals surface area (Å²) in [5, 5.41) is 23.4. The number of carbonyl (C=O) groups excluding carboxylic acids is 1. The second-order valence-corrected chi connectivity index (χ2v) is 5.29. The number of tetrazole rings is 1. The molecule has 0 unspecified atom stereocenters. The predicted molar refractivity (Wildman–Crippen MR) is 80.9 cm³/mol. The SMILES string of the molecule is CC[C@H](C)[C@@H](CO)NC(=O)[C@H](c1ccccc1)n1cnnn1. The summed E-state index contributed by atoms with van der Waals surface area (Å²) in [4.78, 5) is 12.7. The molecule has 7 nitrogen and oxygen atoms in total. The number of benzene rings is 1. The normalized spacial score (nSPS) is 15.0. The van der Waals surface area contributed by atoms with Crippen LogP contribution in [0.2, 0.25) is 0 Å². The Balaban J connectivity index is 2.24. The van der Waals surface area contributed by atoms with Gasteiger partial charge in [-0.25, -0.2) is 4.68 Å². The first kappa shape index (κ1) is 16.1. The lowest BCUT2D eigenvalue weighted by molar-refractivity contribution is -0.125. The first-order chi connectivity index (χ1) is 10.7. The molecule has 1 heterocycles. The summed E-state index contributed by atoms with van der Waals surface area (Å²) >= 11 is 0. The molecule has 7 heteroatoms. The van der Waals surface area contributed by atoms with Crippen molar-refractivity contribution in [3.8, 4) is 0 Å². The zero-order valence-electron chi connectivity index (χ0n) is 12.8. The van der Waals surface area contributed by atoms with Crippen LogP contribution in [0.3, 0.4) is 0 Å². The molecule has 0 saturated carbocycles. The molecule has 3 atom stereocenters. The van der Waals surface area contributed by atoms with Gasteiger partial charge in [-0.05, 0) is 21.9 Å². The van der Waals surface area contributed by atoms with Crippen LogP contribution in [0.25, 0.3) is 0 Å². The molecule has 0 aliphatic rings. The van der Waals surface area contributed by atoms with Gasteiger partial charge in [-0.3, -0.25) is 4.79 Å². The first-order valence-corrected chi connectivity index (χ1v) is 7.36. The van der Waals surface area contributed by atoms with Crippen LogP contribution in [0.1, 0.15) is 31.9 Å². The number of carbonyl (C=O) groups is 1. The number of aromatic nitrogens is 4. The second kappa shape index (κ2) is 7.65. The molecule has 0 aliphatic heterocycles. The van der Waals surface area contributed by atoms with Crippen molar-refractivity contribution in [2.45, 2.75) is 32.4 Å². The number of hydrogen-bond donors (Lipinski definition) is 2. The van der Waals surface area contributed by atoms with E-state index in [-0.39, 0.29) is 24.5 Å². The van der Waals surface area contributed by atoms with Crippen LogP contribution in [0.5, 0.6) is 0 Å². The zero-order chi connectivity index (χ0) is 15.9. The molecule has 1 amide bonds. The Morgan fingerprint density at radius 2 is 2.09 bits per heavy atom. The van der Waals surface area contributed by atoms with Crippen molar-refractivity contribution in [3.05, 3.63) is 42.2 Å². The maximum Gasteiger partial charge on any atom is 0.249 e. The van der Waals surface area contributed by atoms with Crippen molar-refractivity contribution >= 4 is 5.91 Å². The summed E-state index contributed by atoms with van der Waals surface area (Å²) in [7, 11) is 0. The van der Waals surface area contributed by atoms with Gasteiger partial charge in [-0.2, -0.15) is 0 Å². The van der Waals surface area contributed by atoms with Gasteiger partial charge in [0.2, 0.25) is 5.91 Å². The van der Waals surface area contributed by atoms with Crippen LogP contribution >= 0.6 is 0 Å². The number of nitrogens with zero attached hydrogens (tertiary/aromatic N) is 4. The lowest BCUT2D eigenvalue weighted by Crippen LogP contribution is -2.45. The topological polar surface area (TPSA) is 92.9 Å². The number of rotatable bonds is 7. The van der Waals surface area contributed by atoms with Crippen LogP contribution in [0, 0.1) is 5.92 Å². The van der Waals surface area contributed by atoms with Crippen LogP contribution in [0.15, 0.2) is 36.7 Å². The van der Waals surface area contributed by atoms with Crippen molar-refractivity contribution in [1.29, 1.82) is 0 Å². The maximum atomic E-state index is 12.7. The van der Waals surface area contributed by atoms with Gasteiger partial charge in [-0.1, -0.05) is 50.6 Å². The van der Waals surface area contributed by atoms with Gasteiger partial charge in [0.1, 0.15) is 6.33 Å². The molecule has 22 heavy (non-hydrogen) atoms. The minimum absolute atomic E-state index is 0.0993. The van der Waals surface area contributed by atoms with Crippen molar-refractivity contribution in [1.82, 2.24) is 25.5 Å². The highest BCUT2D eigenvalue weighted by Gasteiger charge is 2.27. The van der Waals surface area contributed by atoms with E-state index in [0.717, 1.165) is 12.0 Å². The molecular formula is C15H21N5O2. The van der Waals surface area contributed by atoms with Crippen LogP contribution in [-0.4, -0.2) is 43.9 Å². The van der Waals surface area contributed by atoms with Gasteiger partial charge in [0.25, 0.3) is 0 Å². The fourth-order valence-corrected chi connectivity index (χ4v) is 2.26. The molecule has 1 aromatic heterocycles. The molecule has 0 fully saturated rings. The summed E-state index contributed by atoms with van der Waals surface area (Å²) in [5.41, 5.74) is 0.785. The van der Waals surface area contributed by atoms with Gasteiger partial charge in [0.15, 0.2) is 6.04 Å². The van der Waals surface area contributed by atoms with Gasteiger partial charge >= 0.3 is 0 Å². The van der Waals surface area contributed by atoms with Crippen molar-refractivity contribution in [2.75, 3.05) is 6.61 Å². The summed E-state index contributed by atoms with van der Waals surface area (Å²) in [6.45, 7) is 3.92. The number of aliphatic hydroxyl groups is 1. The third kappa shape index (κ3) is 3.67. The molecular weight excluding hydrogens is 282 g/mol. The lowest BCUT2D eigenvalue weighted by Gasteiger charge is -2.25. The molecule has 0 spiro atoms. The van der Waals surface area contributed by atoms with E-state index in [1.54, 1.807) is 0 Å². The second-order valence-electron chi connectivity index (χ2n) is 5.29. The highest BCUT2D eigenvalue weighted by atomic mass is 16.3. The number of amides is 1. The average Bonchev–Trinajstić information content (AvgIpc) is 3.07. The minimum atomic E-state index is -0.658. The molecule has 0 saturated heterocycles. The highest BCUT2D eigenvalue weighted by Crippen LogP contribution is 2.18. The zero-order valence-corrected chi connectivity index (χ0v) is 12.8. The highest BCUT2D eigenvalue weighted by molar-refractivity contribution is 5.83. The molecule has 0 radical (unpaired) electrons. The average molecular weight is 303 g/mol. The van der Waals surface area contributed by atoms with E-state index in [1.807, 2.05) is 44.2 Å². The predicted octanol–water partition coefficient (Wildman–Crippen LogP) is 0.786. The fraction of sp³-hybridized carbons (Fsp3) is 0.467. The van der Waals surface area contributed by atoms with E-state index in [9.17, 15) is 9.90 Å². The molecule has 2 rings (SSSR count). The van der Waals surface area contributed by atoms with Gasteiger partial charge < -0.3 is 10.4 Å². The maximum absolute atomic E-state index is 12.7. The molecule has 118 valence electrons. The van der Waals surface area contributed by atoms with Crippen molar-refractivity contribution < 1.29 is 9.90 Å². The van der Waals surface area contributed by atoms with Gasteiger partial charge in [0, 0.05) is 0 Å². The van der Waals surface area contributed by atoms with E-state index >= 15 is 0 Å². The summed E-state index contributed by atoms with van der Waals surface area (Å²) < 4.78 is 1.41. The van der Waals surface area contributed by atoms with Gasteiger partial charge in [-0.15, -0.1) is 5.10 Å². The third-order valence-electron chi connectivity index (χ3n) is 3.85. The summed E-state index contributed by atoms with van der Waals surface area (Å²) in [5.74, 6) is -0.0582. The molecule has 2 N–H and O–H groups in total. The van der Waals surface area contributed by atoms with Crippen LogP contribution < -0.4 is 5.32 Å². The Labute approximate surface area is 129 Å². The molecule has 0 aliphatic carbocycles. The Bertz CT molecular complexity index is 573. The Kier molecular flexibility index (Phi) is 5.60. The Morgan fingerprint density at radius 3 is 2.64 bits per heavy atom. The van der Waals surface area contributed by atoms with Crippen molar-refractivity contribution in [2.24, 2.45) is 5.92 Å². The summed E-state index contributed by atoms with van der Waals surface area (Å²) in [6.07, 6.45) is 2.28. The van der Waals surface area contributed by atoms with Crippen LogP contribution in [-0.2, 0) is 4.79 Å². The summed E-state index contributed by atoms with van der Waals surface area (Å²) in [6, 6.07) is 8.35. The third-order valence-corrected chi connectivity index (χ3v) is 3.85. The van der Waals surface area contributed by atoms with Crippen molar-refractivity contribution in [3.63, 3.8) is 0 Å². The van der Waals surface area contributed by atoms with E-state index in [2.05, 4.69) is 20.8 Å².